The van der Waals surface area contributed by atoms with Gasteiger partial charge in [-0.25, -0.2) is 0 Å². The van der Waals surface area contributed by atoms with Gasteiger partial charge in [0.25, 0.3) is 0 Å². The first-order chi connectivity index (χ1) is 12.3. The lowest BCUT2D eigenvalue weighted by molar-refractivity contribution is -0.132. The molecule has 3 rings (SSSR count). The highest BCUT2D eigenvalue weighted by Gasteiger charge is 2.39. The van der Waals surface area contributed by atoms with E-state index in [-0.39, 0.29) is 23.3 Å². The van der Waals surface area contributed by atoms with Gasteiger partial charge in [-0.15, -0.1) is 0 Å². The molecule has 1 unspecified atom stereocenters. The highest BCUT2D eigenvalue weighted by atomic mass is 16.2. The summed E-state index contributed by atoms with van der Waals surface area (Å²) in [6.45, 7) is 6.97. The first kappa shape index (κ1) is 18.2. The molecule has 1 aliphatic rings. The van der Waals surface area contributed by atoms with Crippen LogP contribution in [0.1, 0.15) is 32.8 Å². The molecule has 2 aromatic rings. The molecule has 4 heteroatoms. The molecule has 0 radical (unpaired) electrons. The molecule has 0 saturated carbocycles. The second kappa shape index (κ2) is 7.32. The average Bonchev–Trinajstić information content (AvgIpc) is 3.03. The van der Waals surface area contributed by atoms with E-state index in [1.165, 1.54) is 0 Å². The maximum atomic E-state index is 12.5. The van der Waals surface area contributed by atoms with Crippen LogP contribution in [0.3, 0.4) is 0 Å². The largest absolute Gasteiger partial charge is 0.352 e. The zero-order chi connectivity index (χ0) is 18.7. The molecule has 0 aromatic heterocycles. The summed E-state index contributed by atoms with van der Waals surface area (Å²) in [7, 11) is 0. The minimum atomic E-state index is -0.265. The second-order valence-electron chi connectivity index (χ2n) is 7.86. The molecular formula is C22H26N2O2. The molecule has 0 aliphatic carbocycles. The summed E-state index contributed by atoms with van der Waals surface area (Å²) in [5, 5.41) is 2.99. The molecule has 1 fully saturated rings. The Kier molecular flexibility index (Phi) is 5.12. The molecule has 2 aromatic carbocycles. The molecule has 0 bridgehead atoms. The fourth-order valence-electron chi connectivity index (χ4n) is 3.36. The summed E-state index contributed by atoms with van der Waals surface area (Å²) in [4.78, 5) is 26.5. The number of benzene rings is 2. The van der Waals surface area contributed by atoms with Crippen molar-refractivity contribution in [2.45, 2.75) is 39.3 Å². The zero-order valence-corrected chi connectivity index (χ0v) is 15.7. The number of hydrogen-bond acceptors (Lipinski definition) is 2. The first-order valence-corrected chi connectivity index (χ1v) is 9.07. The van der Waals surface area contributed by atoms with Crippen LogP contribution in [0, 0.1) is 5.92 Å². The van der Waals surface area contributed by atoms with E-state index in [0.717, 1.165) is 16.7 Å². The molecule has 136 valence electrons. The van der Waals surface area contributed by atoms with E-state index in [2.05, 4.69) is 29.6 Å². The molecule has 1 saturated heterocycles. The minimum Gasteiger partial charge on any atom is -0.352 e. The fraction of sp³-hybridized carbons (Fsp3) is 0.364. The Hall–Kier alpha value is -2.62. The number of nitrogens with zero attached hydrogens (tertiary/aromatic N) is 1. The van der Waals surface area contributed by atoms with Crippen molar-refractivity contribution in [1.29, 1.82) is 0 Å². The summed E-state index contributed by atoms with van der Waals surface area (Å²) in [5.74, 6) is -0.252. The third-order valence-corrected chi connectivity index (χ3v) is 4.81. The Bertz CT molecular complexity index is 793. The quantitative estimate of drug-likeness (QED) is 0.916. The van der Waals surface area contributed by atoms with Crippen LogP contribution in [-0.4, -0.2) is 28.8 Å². The molecule has 0 spiro atoms. The number of carbonyl (C=O) groups is 2. The van der Waals surface area contributed by atoms with E-state index in [0.29, 0.717) is 19.5 Å². The Morgan fingerprint density at radius 2 is 1.77 bits per heavy atom. The van der Waals surface area contributed by atoms with Crippen LogP contribution in [0.25, 0.3) is 11.1 Å². The predicted octanol–water partition coefficient (Wildman–Crippen LogP) is 3.62. The van der Waals surface area contributed by atoms with Gasteiger partial charge in [0, 0.05) is 25.0 Å². The van der Waals surface area contributed by atoms with Crippen molar-refractivity contribution in [3.8, 4) is 11.1 Å². The molecular weight excluding hydrogens is 324 g/mol. The second-order valence-corrected chi connectivity index (χ2v) is 7.86. The highest BCUT2D eigenvalue weighted by molar-refractivity contribution is 5.89. The number of carbonyl (C=O) groups excluding carboxylic acids is 2. The van der Waals surface area contributed by atoms with Gasteiger partial charge in [0.2, 0.25) is 11.8 Å². The third kappa shape index (κ3) is 4.13. The van der Waals surface area contributed by atoms with E-state index in [1.807, 2.05) is 51.1 Å². The highest BCUT2D eigenvalue weighted by Crippen LogP contribution is 2.26. The van der Waals surface area contributed by atoms with Crippen LogP contribution in [0.4, 0.5) is 0 Å². The third-order valence-electron chi connectivity index (χ3n) is 4.81. The van der Waals surface area contributed by atoms with Gasteiger partial charge in [0.15, 0.2) is 0 Å². The van der Waals surface area contributed by atoms with Crippen molar-refractivity contribution >= 4 is 11.8 Å². The smallest absolute Gasteiger partial charge is 0.225 e. The van der Waals surface area contributed by atoms with Gasteiger partial charge in [0.05, 0.1) is 5.92 Å². The van der Waals surface area contributed by atoms with Crippen LogP contribution in [-0.2, 0) is 16.1 Å². The lowest BCUT2D eigenvalue weighted by Gasteiger charge is -2.31. The molecule has 1 atom stereocenters. The Balaban J connectivity index is 1.61. The number of nitrogens with one attached hydrogen (secondary N) is 1. The van der Waals surface area contributed by atoms with E-state index in [1.54, 1.807) is 4.90 Å². The Morgan fingerprint density at radius 3 is 2.42 bits per heavy atom. The first-order valence-electron chi connectivity index (χ1n) is 9.07. The van der Waals surface area contributed by atoms with Gasteiger partial charge in [-0.3, -0.25) is 9.59 Å². The number of amides is 2. The van der Waals surface area contributed by atoms with E-state index in [4.69, 9.17) is 0 Å². The Morgan fingerprint density at radius 1 is 1.08 bits per heavy atom. The zero-order valence-electron chi connectivity index (χ0n) is 15.7. The SMILES string of the molecule is CC(C)(C)N1CC(C(=O)NCc2cccc(-c3ccccc3)c2)CC1=O. The molecule has 4 nitrogen and oxygen atoms in total. The van der Waals surface area contributed by atoms with Gasteiger partial charge >= 0.3 is 0 Å². The van der Waals surface area contributed by atoms with Crippen molar-refractivity contribution < 1.29 is 9.59 Å². The van der Waals surface area contributed by atoms with Gasteiger partial charge in [-0.1, -0.05) is 48.5 Å². The summed E-state index contributed by atoms with van der Waals surface area (Å²) < 4.78 is 0. The summed E-state index contributed by atoms with van der Waals surface area (Å²) in [6.07, 6.45) is 0.299. The van der Waals surface area contributed by atoms with Gasteiger partial charge in [0.1, 0.15) is 0 Å². The standard InChI is InChI=1S/C22H26N2O2/c1-22(2,3)24-15-19(13-20(24)25)21(26)23-14-16-8-7-11-18(12-16)17-9-5-4-6-10-17/h4-12,19H,13-15H2,1-3H3,(H,23,26). The average molecular weight is 350 g/mol. The summed E-state index contributed by atoms with van der Waals surface area (Å²) in [5.41, 5.74) is 3.10. The van der Waals surface area contributed by atoms with Crippen LogP contribution in [0.15, 0.2) is 54.6 Å². The van der Waals surface area contributed by atoms with Crippen molar-refractivity contribution in [2.24, 2.45) is 5.92 Å². The monoisotopic (exact) mass is 350 g/mol. The van der Waals surface area contributed by atoms with Crippen molar-refractivity contribution in [3.05, 3.63) is 60.2 Å². The van der Waals surface area contributed by atoms with E-state index < -0.39 is 0 Å². The molecule has 2 amide bonds. The van der Waals surface area contributed by atoms with Crippen molar-refractivity contribution in [2.75, 3.05) is 6.54 Å². The summed E-state index contributed by atoms with van der Waals surface area (Å²) >= 11 is 0. The van der Waals surface area contributed by atoms with Gasteiger partial charge in [-0.2, -0.15) is 0 Å². The number of hydrogen-bond donors (Lipinski definition) is 1. The topological polar surface area (TPSA) is 49.4 Å². The number of likely N-dealkylation sites (tertiary alicyclic amines) is 1. The number of rotatable bonds is 4. The van der Waals surface area contributed by atoms with Crippen molar-refractivity contribution in [1.82, 2.24) is 10.2 Å². The maximum absolute atomic E-state index is 12.5. The molecule has 1 heterocycles. The van der Waals surface area contributed by atoms with Gasteiger partial charge in [-0.05, 0) is 43.5 Å². The normalized spacial score (nSPS) is 17.4. The van der Waals surface area contributed by atoms with Gasteiger partial charge < -0.3 is 10.2 Å². The maximum Gasteiger partial charge on any atom is 0.225 e. The molecule has 26 heavy (non-hydrogen) atoms. The Labute approximate surface area is 155 Å². The van der Waals surface area contributed by atoms with Crippen LogP contribution in [0.2, 0.25) is 0 Å². The van der Waals surface area contributed by atoms with Crippen LogP contribution >= 0.6 is 0 Å². The van der Waals surface area contributed by atoms with E-state index in [9.17, 15) is 9.59 Å². The molecule has 1 aliphatic heterocycles. The van der Waals surface area contributed by atoms with Crippen LogP contribution in [0.5, 0.6) is 0 Å². The van der Waals surface area contributed by atoms with Crippen molar-refractivity contribution in [3.63, 3.8) is 0 Å². The fourth-order valence-corrected chi connectivity index (χ4v) is 3.36. The summed E-state index contributed by atoms with van der Waals surface area (Å²) in [6, 6.07) is 18.3. The minimum absolute atomic E-state index is 0.0461. The van der Waals surface area contributed by atoms with E-state index >= 15 is 0 Å². The lowest BCUT2D eigenvalue weighted by atomic mass is 10.0. The van der Waals surface area contributed by atoms with Crippen LogP contribution < -0.4 is 5.32 Å². The molecule has 1 N–H and O–H groups in total. The predicted molar refractivity (Wildman–Crippen MR) is 103 cm³/mol. The lowest BCUT2D eigenvalue weighted by Crippen LogP contribution is -2.43.